The quantitative estimate of drug-likeness (QED) is 0.169. The van der Waals surface area contributed by atoms with Gasteiger partial charge in [0, 0.05) is 78.3 Å². The Hall–Kier alpha value is -8.34. The highest BCUT2D eigenvalue weighted by Gasteiger charge is 2.41. The average molecular weight is 888 g/mol. The van der Waals surface area contributed by atoms with E-state index < -0.39 is 0 Å². The molecule has 69 heavy (non-hydrogen) atoms. The Labute approximate surface area is 400 Å². The summed E-state index contributed by atoms with van der Waals surface area (Å²) in [4.78, 5) is 0. The molecule has 4 heteroatoms. The van der Waals surface area contributed by atoms with Crippen LogP contribution in [0.1, 0.15) is 43.5 Å². The van der Waals surface area contributed by atoms with Gasteiger partial charge in [0.05, 0.1) is 33.3 Å². The Bertz CT molecular complexity index is 4090. The van der Waals surface area contributed by atoms with Crippen LogP contribution in [0.4, 0.5) is 0 Å². The molecule has 1 fully saturated rings. The predicted molar refractivity (Wildman–Crippen MR) is 293 cm³/mol. The zero-order chi connectivity index (χ0) is 45.7. The predicted octanol–water partition coefficient (Wildman–Crippen LogP) is 17.5. The van der Waals surface area contributed by atoms with Gasteiger partial charge in [-0.1, -0.05) is 160 Å². The molecule has 0 N–H and O–H groups in total. The normalized spacial score (nSPS) is 17.3. The monoisotopic (exact) mass is 887 g/mol. The van der Waals surface area contributed by atoms with Gasteiger partial charge in [0.1, 0.15) is 5.58 Å². The molecule has 0 bridgehead atoms. The molecule has 11 aromatic rings. The van der Waals surface area contributed by atoms with Crippen LogP contribution in [0.15, 0.2) is 211 Å². The van der Waals surface area contributed by atoms with Crippen LogP contribution >= 0.6 is 0 Å². The molecule has 0 aliphatic heterocycles. The van der Waals surface area contributed by atoms with Crippen molar-refractivity contribution in [2.45, 2.75) is 33.1 Å². The van der Waals surface area contributed by atoms with Gasteiger partial charge < -0.3 is 18.1 Å². The minimum atomic E-state index is 0.597. The van der Waals surface area contributed by atoms with Crippen LogP contribution < -0.4 is 0 Å². The first kappa shape index (κ1) is 39.8. The summed E-state index contributed by atoms with van der Waals surface area (Å²) in [5.41, 5.74) is 18.6. The van der Waals surface area contributed by atoms with Crippen LogP contribution in [-0.2, 0) is 6.42 Å². The third kappa shape index (κ3) is 6.01. The molecule has 4 aliphatic carbocycles. The second-order valence-corrected chi connectivity index (χ2v) is 18.7. The Morgan fingerprint density at radius 1 is 0.522 bits per heavy atom. The first-order chi connectivity index (χ1) is 34.2. The number of nitrogens with zero attached hydrogens (tertiary/aromatic N) is 3. The molecule has 0 amide bonds. The van der Waals surface area contributed by atoms with Crippen molar-refractivity contribution in [2.24, 2.45) is 11.8 Å². The number of fused-ring (bicyclic) bond motifs is 13. The van der Waals surface area contributed by atoms with Crippen LogP contribution in [0.25, 0.3) is 116 Å². The number of rotatable bonds is 5. The fraction of sp³-hybridized carbons (Fsp3) is 0.108. The summed E-state index contributed by atoms with van der Waals surface area (Å²) in [5, 5.41) is 8.45. The molecule has 0 radical (unpaired) electrons. The van der Waals surface area contributed by atoms with E-state index in [0.717, 1.165) is 73.9 Å². The largest absolute Gasteiger partial charge is 0.453 e. The molecule has 1 saturated carbocycles. The van der Waals surface area contributed by atoms with Crippen molar-refractivity contribution >= 4 is 99.5 Å². The first-order valence-electron chi connectivity index (χ1n) is 24.7. The van der Waals surface area contributed by atoms with E-state index in [2.05, 4.69) is 226 Å². The lowest BCUT2D eigenvalue weighted by atomic mass is 9.97. The van der Waals surface area contributed by atoms with Crippen LogP contribution in [-0.4, -0.2) is 13.7 Å². The number of hydrogen-bond donors (Lipinski definition) is 0. The topological polar surface area (TPSA) is 27.9 Å². The van der Waals surface area contributed by atoms with Gasteiger partial charge in [-0.05, 0) is 102 Å². The lowest BCUT2D eigenvalue weighted by molar-refractivity contribution is 0.667. The highest BCUT2D eigenvalue weighted by Crippen LogP contribution is 2.52. The summed E-state index contributed by atoms with van der Waals surface area (Å²) in [5.74, 6) is 1.26. The first-order valence-corrected chi connectivity index (χ1v) is 24.7. The zero-order valence-corrected chi connectivity index (χ0v) is 38.7. The highest BCUT2D eigenvalue weighted by molar-refractivity contribution is 6.16. The van der Waals surface area contributed by atoms with Crippen molar-refractivity contribution in [1.82, 2.24) is 13.7 Å². The van der Waals surface area contributed by atoms with Crippen molar-refractivity contribution in [2.75, 3.05) is 0 Å². The maximum absolute atomic E-state index is 7.38. The van der Waals surface area contributed by atoms with Gasteiger partial charge in [-0.15, -0.1) is 0 Å². The molecule has 0 spiro atoms. The van der Waals surface area contributed by atoms with Gasteiger partial charge in [-0.3, -0.25) is 0 Å². The molecule has 330 valence electrons. The van der Waals surface area contributed by atoms with Crippen molar-refractivity contribution in [1.29, 1.82) is 0 Å². The summed E-state index contributed by atoms with van der Waals surface area (Å²) in [6.07, 6.45) is 28.3. The summed E-state index contributed by atoms with van der Waals surface area (Å²) >= 11 is 0. The lowest BCUT2D eigenvalue weighted by Gasteiger charge is -2.16. The fourth-order valence-electron chi connectivity index (χ4n) is 11.9. The lowest BCUT2D eigenvalue weighted by Crippen LogP contribution is -2.06. The smallest absolute Gasteiger partial charge is 0.159 e. The van der Waals surface area contributed by atoms with Crippen molar-refractivity contribution in [3.05, 3.63) is 223 Å². The Morgan fingerprint density at radius 3 is 1.90 bits per heavy atom. The van der Waals surface area contributed by atoms with Gasteiger partial charge in [0.2, 0.25) is 0 Å². The van der Waals surface area contributed by atoms with E-state index in [-0.39, 0.29) is 0 Å². The Balaban J connectivity index is 0.00000221. The number of hydrogen-bond acceptors (Lipinski definition) is 1. The molecule has 2 unspecified atom stereocenters. The highest BCUT2D eigenvalue weighted by atomic mass is 16.3. The van der Waals surface area contributed by atoms with Crippen LogP contribution in [0.3, 0.4) is 0 Å². The third-order valence-electron chi connectivity index (χ3n) is 15.0. The summed E-state index contributed by atoms with van der Waals surface area (Å²) < 4.78 is 14.8. The molecule has 7 aromatic carbocycles. The second-order valence-electron chi connectivity index (χ2n) is 18.7. The SMILES string of the molecule is C1=CCc2c(c3cc(-c4cccc5c4oc4c(-n6c7ccccc7c7ccccc76)cc(C6=CCC=CC(n7c8ccccc8c8ccccc87)=C6)cc45)ccc3n2C2=CC=CC3CC23)C=C1.CC. The molecule has 4 aromatic heterocycles. The number of allylic oxidation sites excluding steroid dienone is 13. The summed E-state index contributed by atoms with van der Waals surface area (Å²) in [7, 11) is 0. The van der Waals surface area contributed by atoms with E-state index >= 15 is 0 Å². The average Bonchev–Trinajstić information content (AvgIpc) is 3.94. The summed E-state index contributed by atoms with van der Waals surface area (Å²) in [6, 6.07) is 53.6. The molecule has 2 atom stereocenters. The number of furan rings is 1. The van der Waals surface area contributed by atoms with Gasteiger partial charge >= 0.3 is 0 Å². The fourth-order valence-corrected chi connectivity index (χ4v) is 11.9. The standard InChI is InChI=1S/C63H43N3O.C2H6/c1-2-19-49-52-36-41(32-33-60(52)65(58(49)26-3-1)59-31-14-17-40-35-51(40)59)44-24-15-25-50-53-37-42(38-61(63(53)67-62(44)50)66-56-29-12-8-22-47(56)48-23-9-13-30-57(48)66)39-16-4-5-18-43(34-39)64-54-27-10-6-20-45(54)46-21-7-11-28-55(46)64;1-2/h1-3,5-25,27-34,36-38,40,51H,4,26,35H2;1-2H3. The molecule has 15 rings (SSSR count). The van der Waals surface area contributed by atoms with Crippen molar-refractivity contribution in [3.8, 4) is 16.8 Å². The van der Waals surface area contributed by atoms with E-state index in [1.807, 2.05) is 13.8 Å². The number of para-hydroxylation sites is 5. The minimum absolute atomic E-state index is 0.597. The van der Waals surface area contributed by atoms with Crippen molar-refractivity contribution in [3.63, 3.8) is 0 Å². The molecule has 0 saturated heterocycles. The molecular weight excluding hydrogens is 839 g/mol. The Morgan fingerprint density at radius 2 is 1.17 bits per heavy atom. The number of benzene rings is 7. The van der Waals surface area contributed by atoms with Crippen LogP contribution in [0.2, 0.25) is 0 Å². The minimum Gasteiger partial charge on any atom is -0.453 e. The summed E-state index contributed by atoms with van der Waals surface area (Å²) in [6.45, 7) is 4.00. The van der Waals surface area contributed by atoms with Gasteiger partial charge in [-0.2, -0.15) is 0 Å². The zero-order valence-electron chi connectivity index (χ0n) is 38.7. The van der Waals surface area contributed by atoms with E-state index in [0.29, 0.717) is 11.8 Å². The van der Waals surface area contributed by atoms with E-state index in [9.17, 15) is 0 Å². The van der Waals surface area contributed by atoms with Crippen LogP contribution in [0, 0.1) is 11.8 Å². The van der Waals surface area contributed by atoms with Gasteiger partial charge in [0.15, 0.2) is 5.58 Å². The van der Waals surface area contributed by atoms with Gasteiger partial charge in [-0.25, -0.2) is 0 Å². The maximum Gasteiger partial charge on any atom is 0.159 e. The Kier molecular flexibility index (Phi) is 9.01. The van der Waals surface area contributed by atoms with E-state index in [1.54, 1.807) is 0 Å². The molecule has 4 heterocycles. The van der Waals surface area contributed by atoms with Crippen molar-refractivity contribution < 1.29 is 4.42 Å². The molecular formula is C65H49N3O. The van der Waals surface area contributed by atoms with Crippen LogP contribution in [0.5, 0.6) is 0 Å². The van der Waals surface area contributed by atoms with E-state index in [1.165, 1.54) is 72.4 Å². The number of aromatic nitrogens is 3. The van der Waals surface area contributed by atoms with Gasteiger partial charge in [0.25, 0.3) is 0 Å². The molecule has 4 nitrogen and oxygen atoms in total. The third-order valence-corrected chi connectivity index (χ3v) is 15.0. The molecule has 4 aliphatic rings. The second kappa shape index (κ2) is 15.6. The maximum atomic E-state index is 7.38. The van der Waals surface area contributed by atoms with E-state index in [4.69, 9.17) is 4.42 Å².